The van der Waals surface area contributed by atoms with Crippen molar-refractivity contribution < 1.29 is 4.74 Å². The molecule has 1 saturated carbocycles. The van der Waals surface area contributed by atoms with Gasteiger partial charge in [-0.3, -0.25) is 0 Å². The van der Waals surface area contributed by atoms with Crippen LogP contribution in [0.15, 0.2) is 18.2 Å². The number of hydrogen-bond acceptors (Lipinski definition) is 2. The highest BCUT2D eigenvalue weighted by Crippen LogP contribution is 2.42. The molecule has 0 spiro atoms. The predicted molar refractivity (Wildman–Crippen MR) is 99.5 cm³/mol. The van der Waals surface area contributed by atoms with Crippen LogP contribution in [0.2, 0.25) is 10.0 Å². The number of halogens is 2. The van der Waals surface area contributed by atoms with Gasteiger partial charge < -0.3 is 10.1 Å². The van der Waals surface area contributed by atoms with Gasteiger partial charge in [-0.05, 0) is 76.6 Å². The second kappa shape index (κ2) is 8.20. The van der Waals surface area contributed by atoms with Crippen LogP contribution in [-0.2, 0) is 10.3 Å². The normalized spacial score (nSPS) is 17.1. The lowest BCUT2D eigenvalue weighted by molar-refractivity contribution is -0.0217. The van der Waals surface area contributed by atoms with E-state index in [0.29, 0.717) is 10.0 Å². The zero-order valence-corrected chi connectivity index (χ0v) is 16.1. The first-order valence-electron chi connectivity index (χ1n) is 8.73. The summed E-state index contributed by atoms with van der Waals surface area (Å²) in [5.41, 5.74) is 1.36. The van der Waals surface area contributed by atoms with Crippen LogP contribution in [0.5, 0.6) is 0 Å². The maximum Gasteiger partial charge on any atom is 0.0623 e. The Hall–Kier alpha value is -0.280. The summed E-state index contributed by atoms with van der Waals surface area (Å²) in [5, 5.41) is 5.02. The quantitative estimate of drug-likeness (QED) is 0.551. The van der Waals surface area contributed by atoms with E-state index in [9.17, 15) is 0 Å². The van der Waals surface area contributed by atoms with Crippen LogP contribution >= 0.6 is 23.2 Å². The predicted octanol–water partition coefficient (Wildman–Crippen LogP) is 5.95. The largest absolute Gasteiger partial charge is 0.376 e. The Labute approximate surface area is 150 Å². The molecule has 1 fully saturated rings. The number of nitrogens with one attached hydrogen (secondary N) is 1. The average Bonchev–Trinajstić information content (AvgIpc) is 2.48. The molecule has 0 radical (unpaired) electrons. The van der Waals surface area contributed by atoms with E-state index < -0.39 is 0 Å². The van der Waals surface area contributed by atoms with Crippen molar-refractivity contribution in [2.45, 2.75) is 70.4 Å². The second-order valence-electron chi connectivity index (χ2n) is 7.16. The van der Waals surface area contributed by atoms with Gasteiger partial charge in [0.1, 0.15) is 0 Å². The third-order valence-electron chi connectivity index (χ3n) is 5.06. The van der Waals surface area contributed by atoms with Gasteiger partial charge in [0.25, 0.3) is 0 Å². The maximum atomic E-state index is 6.18. The SMILES string of the molecule is CCC(C)(C)OCCCCNC1(c2ccc(Cl)c(Cl)c2)CCC1. The molecule has 1 aromatic rings. The lowest BCUT2D eigenvalue weighted by Crippen LogP contribution is -2.48. The molecule has 0 saturated heterocycles. The Kier molecular flexibility index (Phi) is 6.79. The molecule has 130 valence electrons. The Bertz CT molecular complexity index is 512. The van der Waals surface area contributed by atoms with Crippen LogP contribution in [0.1, 0.15) is 64.9 Å². The molecule has 1 aromatic carbocycles. The fraction of sp³-hybridized carbons (Fsp3) is 0.684. The summed E-state index contributed by atoms with van der Waals surface area (Å²) in [5.74, 6) is 0. The third kappa shape index (κ3) is 5.09. The topological polar surface area (TPSA) is 21.3 Å². The monoisotopic (exact) mass is 357 g/mol. The van der Waals surface area contributed by atoms with E-state index in [0.717, 1.165) is 32.4 Å². The molecule has 0 heterocycles. The highest BCUT2D eigenvalue weighted by atomic mass is 35.5. The lowest BCUT2D eigenvalue weighted by atomic mass is 9.72. The van der Waals surface area contributed by atoms with Gasteiger partial charge in [0.05, 0.1) is 15.6 Å². The first-order valence-corrected chi connectivity index (χ1v) is 9.49. The molecule has 1 aliphatic rings. The summed E-state index contributed by atoms with van der Waals surface area (Å²) in [6.07, 6.45) is 6.87. The van der Waals surface area contributed by atoms with Crippen molar-refractivity contribution in [3.63, 3.8) is 0 Å². The molecule has 1 aliphatic carbocycles. The van der Waals surface area contributed by atoms with Crippen LogP contribution in [0.4, 0.5) is 0 Å². The standard InChI is InChI=1S/C19H29Cl2NO/c1-4-18(2,3)23-13-6-5-12-22-19(10-7-11-19)15-8-9-16(20)17(21)14-15/h8-9,14,22H,4-7,10-13H2,1-3H3. The molecule has 2 nitrogen and oxygen atoms in total. The average molecular weight is 358 g/mol. The number of rotatable bonds is 9. The Morgan fingerprint density at radius 3 is 2.48 bits per heavy atom. The summed E-state index contributed by atoms with van der Waals surface area (Å²) >= 11 is 12.2. The summed E-state index contributed by atoms with van der Waals surface area (Å²) in [4.78, 5) is 0. The van der Waals surface area contributed by atoms with Gasteiger partial charge in [-0.2, -0.15) is 0 Å². The molecule has 23 heavy (non-hydrogen) atoms. The molecule has 2 rings (SSSR count). The van der Waals surface area contributed by atoms with E-state index in [4.69, 9.17) is 27.9 Å². The van der Waals surface area contributed by atoms with Gasteiger partial charge in [-0.25, -0.2) is 0 Å². The smallest absolute Gasteiger partial charge is 0.0623 e. The maximum absolute atomic E-state index is 6.18. The number of hydrogen-bond donors (Lipinski definition) is 1. The molecular weight excluding hydrogens is 329 g/mol. The molecule has 1 N–H and O–H groups in total. The van der Waals surface area contributed by atoms with Crippen LogP contribution in [-0.4, -0.2) is 18.8 Å². The highest BCUT2D eigenvalue weighted by molar-refractivity contribution is 6.42. The molecule has 0 amide bonds. The zero-order valence-electron chi connectivity index (χ0n) is 14.6. The Balaban J connectivity index is 1.78. The van der Waals surface area contributed by atoms with Gasteiger partial charge in [-0.1, -0.05) is 36.2 Å². The second-order valence-corrected chi connectivity index (χ2v) is 7.97. The van der Waals surface area contributed by atoms with Gasteiger partial charge >= 0.3 is 0 Å². The Morgan fingerprint density at radius 2 is 1.91 bits per heavy atom. The fourth-order valence-electron chi connectivity index (χ4n) is 2.90. The van der Waals surface area contributed by atoms with Crippen molar-refractivity contribution in [3.8, 4) is 0 Å². The van der Waals surface area contributed by atoms with E-state index in [-0.39, 0.29) is 11.1 Å². The van der Waals surface area contributed by atoms with Crippen LogP contribution in [0.25, 0.3) is 0 Å². The minimum absolute atomic E-state index is 0.00266. The van der Waals surface area contributed by atoms with E-state index in [1.165, 1.54) is 24.8 Å². The number of unbranched alkanes of at least 4 members (excludes halogenated alkanes) is 1. The van der Waals surface area contributed by atoms with Gasteiger partial charge in [-0.15, -0.1) is 0 Å². The minimum atomic E-state index is 0.00266. The molecule has 0 atom stereocenters. The molecule has 0 bridgehead atoms. The van der Waals surface area contributed by atoms with Crippen molar-refractivity contribution in [1.29, 1.82) is 0 Å². The van der Waals surface area contributed by atoms with Crippen LogP contribution in [0, 0.1) is 0 Å². The molecule has 4 heteroatoms. The highest BCUT2D eigenvalue weighted by Gasteiger charge is 2.38. The summed E-state index contributed by atoms with van der Waals surface area (Å²) in [6.45, 7) is 8.31. The van der Waals surface area contributed by atoms with Crippen molar-refractivity contribution >= 4 is 23.2 Å². The van der Waals surface area contributed by atoms with Gasteiger partial charge in [0, 0.05) is 12.1 Å². The number of benzene rings is 1. The van der Waals surface area contributed by atoms with Gasteiger partial charge in [0.15, 0.2) is 0 Å². The van der Waals surface area contributed by atoms with E-state index >= 15 is 0 Å². The van der Waals surface area contributed by atoms with E-state index in [1.807, 2.05) is 12.1 Å². The molecule has 0 aliphatic heterocycles. The van der Waals surface area contributed by atoms with E-state index in [1.54, 1.807) is 0 Å². The first-order chi connectivity index (χ1) is 10.9. The fourth-order valence-corrected chi connectivity index (χ4v) is 3.19. The number of ether oxygens (including phenoxy) is 1. The minimum Gasteiger partial charge on any atom is -0.376 e. The summed E-state index contributed by atoms with van der Waals surface area (Å²) in [6, 6.07) is 6.03. The van der Waals surface area contributed by atoms with Crippen LogP contribution in [0.3, 0.4) is 0 Å². The van der Waals surface area contributed by atoms with Crippen LogP contribution < -0.4 is 5.32 Å². The third-order valence-corrected chi connectivity index (χ3v) is 5.80. The zero-order chi connectivity index (χ0) is 16.9. The van der Waals surface area contributed by atoms with Crippen molar-refractivity contribution in [3.05, 3.63) is 33.8 Å². The van der Waals surface area contributed by atoms with E-state index in [2.05, 4.69) is 32.2 Å². The van der Waals surface area contributed by atoms with Crippen molar-refractivity contribution in [2.75, 3.05) is 13.2 Å². The first kappa shape index (κ1) is 19.1. The molecule has 0 aromatic heterocycles. The lowest BCUT2D eigenvalue weighted by Gasteiger charge is -2.43. The summed E-state index contributed by atoms with van der Waals surface area (Å²) < 4.78 is 5.90. The Morgan fingerprint density at radius 1 is 1.17 bits per heavy atom. The van der Waals surface area contributed by atoms with Gasteiger partial charge in [0.2, 0.25) is 0 Å². The summed E-state index contributed by atoms with van der Waals surface area (Å²) in [7, 11) is 0. The van der Waals surface area contributed by atoms with Crippen molar-refractivity contribution in [1.82, 2.24) is 5.32 Å². The molecule has 0 unspecified atom stereocenters. The molecular formula is C19H29Cl2NO. The van der Waals surface area contributed by atoms with Crippen molar-refractivity contribution in [2.24, 2.45) is 0 Å².